The summed E-state index contributed by atoms with van der Waals surface area (Å²) in [4.78, 5) is 207. The zero-order valence-corrected chi connectivity index (χ0v) is 64.0. The summed E-state index contributed by atoms with van der Waals surface area (Å²) < 4.78 is 0. The highest BCUT2D eigenvalue weighted by Gasteiger charge is 2.43. The number of aliphatic hydroxyl groups is 2. The minimum Gasteiger partial charge on any atom is -0.394 e. The monoisotopic (exact) mass is 1500 g/mol. The number of nitrogens with zero attached hydrogens (tertiary/aromatic N) is 1. The predicted molar refractivity (Wildman–Crippen MR) is 398 cm³/mol. The fourth-order valence-corrected chi connectivity index (χ4v) is 11.8. The number of nitrogens with one attached hydrogen (secondary N) is 12. The van der Waals surface area contributed by atoms with Gasteiger partial charge in [-0.15, -0.1) is 13.2 Å². The summed E-state index contributed by atoms with van der Waals surface area (Å²) in [5, 5.41) is 52.2. The lowest BCUT2D eigenvalue weighted by atomic mass is 9.90. The van der Waals surface area contributed by atoms with Crippen LogP contribution >= 0.6 is 0 Å². The summed E-state index contributed by atoms with van der Waals surface area (Å²) in [5.74, 6) is -13.6. The highest BCUT2D eigenvalue weighted by molar-refractivity contribution is 6.01. The molecule has 22 N–H and O–H groups in total. The van der Waals surface area contributed by atoms with Gasteiger partial charge in [-0.2, -0.15) is 0 Å². The lowest BCUT2D eigenvalue weighted by molar-refractivity contribution is -0.140. The third-order valence-corrected chi connectivity index (χ3v) is 19.0. The number of amides is 15. The van der Waals surface area contributed by atoms with Crippen LogP contribution in [-0.4, -0.2) is 215 Å². The van der Waals surface area contributed by atoms with Crippen molar-refractivity contribution in [3.05, 3.63) is 25.3 Å². The van der Waals surface area contributed by atoms with Gasteiger partial charge in [0.05, 0.1) is 19.8 Å². The molecule has 0 radical (unpaired) electrons. The fourth-order valence-electron chi connectivity index (χ4n) is 11.8. The molecule has 0 aromatic heterocycles. The number of unbranched alkanes of at least 4 members (excludes halogenated alkanes) is 6. The molecular formula is C72H127N17O17. The van der Waals surface area contributed by atoms with Gasteiger partial charge in [0.1, 0.15) is 71.5 Å². The second-order valence-electron chi connectivity index (χ2n) is 27.9. The lowest BCUT2D eigenvalue weighted by Crippen LogP contribution is -2.65. The molecular weight excluding hydrogens is 1370 g/mol. The van der Waals surface area contributed by atoms with Crippen LogP contribution in [-0.2, 0) is 71.9 Å². The highest BCUT2D eigenvalue weighted by atomic mass is 16.3. The first-order valence-corrected chi connectivity index (χ1v) is 37.5. The number of likely N-dealkylation sites (tertiary alicyclic amines) is 1. The first-order chi connectivity index (χ1) is 50.2. The minimum atomic E-state index is -1.90. The largest absolute Gasteiger partial charge is 0.394 e. The maximum atomic E-state index is 14.7. The molecule has 106 heavy (non-hydrogen) atoms. The molecule has 0 aromatic carbocycles. The van der Waals surface area contributed by atoms with Crippen molar-refractivity contribution in [2.75, 3.05) is 39.4 Å². The molecule has 1 aliphatic rings. The lowest BCUT2D eigenvalue weighted by Gasteiger charge is -2.35. The number of aliphatic hydroxyl groups excluding tert-OH is 2. The Bertz CT molecular complexity index is 2920. The van der Waals surface area contributed by atoms with Gasteiger partial charge in [0.15, 0.2) is 0 Å². The number of rotatable bonds is 56. The first-order valence-electron chi connectivity index (χ1n) is 37.5. The Kier molecular flexibility index (Phi) is 45.7. The molecule has 0 aliphatic carbocycles. The van der Waals surface area contributed by atoms with E-state index < -0.39 is 199 Å². The molecule has 0 aromatic rings. The Morgan fingerprint density at radius 3 is 1.34 bits per heavy atom. The molecule has 14 atom stereocenters. The van der Waals surface area contributed by atoms with Crippen LogP contribution in [0.4, 0.5) is 0 Å². The standard InChI is InChI=1S/C72H127N17O17/c1-12-18-24-36-71(10,69(105)77-41-56(94)85-57(44(7)16-5)67(103)84-52(42-90)63(99)80-48(30-21-15-4)61(97)79-49(31-22-26-38-73)60(96)78-47(59(76)95)29-20-14-3)88-65(101)53(43-91)83-62(98)51(34-35-55(75)93)82-68(104)58(45(8)17-6)86-70(106)72(11,37-25-19-13-2)87-64(100)50(32-23-27-39-74)81-66(102)54-33-28-40-89(54)46(9)92/h12-13,44-45,47-54,57-58,90-91H,1-2,14-43,73-74H2,3-11H3,(H2,75,93)(H2,76,95)(H,77,105)(H,78,96)(H,79,97)(H,80,99)(H,81,102)(H,82,104)(H,83,98)(H,84,103)(H,85,94)(H,86,106)(H,87,100)(H,88,101)/t44-,45-,47-,48-,49-,50-,51-,52-,53-,54-,57-,58-,71-,72-/m0/s1. The van der Waals surface area contributed by atoms with Gasteiger partial charge < -0.3 is 102 Å². The normalized spacial score (nSPS) is 16.8. The number of hydrogen-bond acceptors (Lipinski definition) is 19. The number of hydrogen-bond donors (Lipinski definition) is 18. The van der Waals surface area contributed by atoms with Crippen LogP contribution in [0.1, 0.15) is 216 Å². The molecule has 0 saturated carbocycles. The highest BCUT2D eigenvalue weighted by Crippen LogP contribution is 2.22. The van der Waals surface area contributed by atoms with Crippen LogP contribution < -0.4 is 86.7 Å². The number of carbonyl (C=O) groups is 15. The Hall–Kier alpha value is -8.63. The van der Waals surface area contributed by atoms with E-state index in [0.717, 1.165) is 6.42 Å². The first kappa shape index (κ1) is 95.4. The second kappa shape index (κ2) is 50.8. The number of carbonyl (C=O) groups excluding carboxylic acids is 15. The van der Waals surface area contributed by atoms with Crippen molar-refractivity contribution in [1.82, 2.24) is 68.7 Å². The minimum absolute atomic E-state index is 0.0200. The van der Waals surface area contributed by atoms with Crippen LogP contribution in [0, 0.1) is 11.8 Å². The number of allylic oxidation sites excluding steroid dienone is 2. The van der Waals surface area contributed by atoms with E-state index in [4.69, 9.17) is 22.9 Å². The molecule has 1 aliphatic heterocycles. The van der Waals surface area contributed by atoms with Crippen LogP contribution in [0.15, 0.2) is 25.3 Å². The van der Waals surface area contributed by atoms with Crippen molar-refractivity contribution < 1.29 is 82.1 Å². The topological polar surface area (TPSA) is 548 Å². The smallest absolute Gasteiger partial charge is 0.246 e. The van der Waals surface area contributed by atoms with Gasteiger partial charge in [-0.1, -0.05) is 92.2 Å². The zero-order chi connectivity index (χ0) is 80.3. The summed E-state index contributed by atoms with van der Waals surface area (Å²) in [5.41, 5.74) is 18.9. The van der Waals surface area contributed by atoms with E-state index in [1.54, 1.807) is 39.8 Å². The summed E-state index contributed by atoms with van der Waals surface area (Å²) in [6, 6.07) is -13.4. The third-order valence-electron chi connectivity index (χ3n) is 19.0. The van der Waals surface area contributed by atoms with Gasteiger partial charge >= 0.3 is 0 Å². The molecule has 602 valence electrons. The van der Waals surface area contributed by atoms with E-state index in [1.165, 1.54) is 25.7 Å². The van der Waals surface area contributed by atoms with Gasteiger partial charge in [0, 0.05) is 19.9 Å². The maximum Gasteiger partial charge on any atom is 0.246 e. The molecule has 1 heterocycles. The Morgan fingerprint density at radius 1 is 0.500 bits per heavy atom. The molecule has 1 rings (SSSR count). The quantitative estimate of drug-likeness (QED) is 0.0241. The van der Waals surface area contributed by atoms with Gasteiger partial charge in [-0.25, -0.2) is 0 Å². The third kappa shape index (κ3) is 33.4. The van der Waals surface area contributed by atoms with Gasteiger partial charge in [0.25, 0.3) is 0 Å². The maximum absolute atomic E-state index is 14.7. The van der Waals surface area contributed by atoms with Crippen molar-refractivity contribution in [1.29, 1.82) is 0 Å². The Balaban J connectivity index is 3.49. The van der Waals surface area contributed by atoms with Crippen molar-refractivity contribution >= 4 is 88.6 Å². The van der Waals surface area contributed by atoms with E-state index in [1.807, 2.05) is 13.8 Å². The van der Waals surface area contributed by atoms with Crippen molar-refractivity contribution in [2.45, 2.75) is 288 Å². The van der Waals surface area contributed by atoms with Crippen LogP contribution in [0.5, 0.6) is 0 Å². The molecule has 0 spiro atoms. The van der Waals surface area contributed by atoms with Gasteiger partial charge in [-0.3, -0.25) is 71.9 Å². The number of nitrogens with two attached hydrogens (primary N) is 4. The fraction of sp³-hybridized carbons (Fsp3) is 0.736. The molecule has 1 saturated heterocycles. The average molecular weight is 1500 g/mol. The molecule has 1 fully saturated rings. The predicted octanol–water partition coefficient (Wildman–Crippen LogP) is -1.59. The summed E-state index contributed by atoms with van der Waals surface area (Å²) in [6.45, 7) is 20.2. The Morgan fingerprint density at radius 2 is 0.896 bits per heavy atom. The van der Waals surface area contributed by atoms with Crippen molar-refractivity contribution in [3.63, 3.8) is 0 Å². The Labute approximate surface area is 624 Å². The van der Waals surface area contributed by atoms with Gasteiger partial charge in [-0.05, 0) is 148 Å². The van der Waals surface area contributed by atoms with E-state index in [9.17, 15) is 82.1 Å². The summed E-state index contributed by atoms with van der Waals surface area (Å²) in [7, 11) is 0. The molecule has 15 amide bonds. The van der Waals surface area contributed by atoms with Crippen LogP contribution in [0.25, 0.3) is 0 Å². The summed E-state index contributed by atoms with van der Waals surface area (Å²) in [6.07, 6.45) is 9.81. The number of primary amides is 2. The van der Waals surface area contributed by atoms with Gasteiger partial charge in [0.2, 0.25) is 88.6 Å². The van der Waals surface area contributed by atoms with E-state index >= 15 is 0 Å². The second-order valence-corrected chi connectivity index (χ2v) is 27.9. The molecule has 0 unspecified atom stereocenters. The average Bonchev–Trinajstić information content (AvgIpc) is 1.09. The van der Waals surface area contributed by atoms with E-state index in [-0.39, 0.29) is 63.7 Å². The SMILES string of the molecule is C=CCCC[C@](C)(NC(=O)[C@H](CO)NC(=O)[C@H](CCC(N)=O)NC(=O)[C@@H](NC(=O)[C@](C)(CCCC=C)NC(=O)[C@H](CCCCN)NC(=O)[C@@H]1CCCN1C(C)=O)[C@@H](C)CC)C(=O)NCC(=O)N[C@H](C(=O)N[C@@H](CO)C(=O)N[C@@H](CCCC)C(=O)N[C@@H](CCCCN)C(=O)N[C@@H](CCCC)C(N)=O)[C@@H](C)CC. The summed E-state index contributed by atoms with van der Waals surface area (Å²) >= 11 is 0. The van der Waals surface area contributed by atoms with Crippen LogP contribution in [0.3, 0.4) is 0 Å². The molecule has 0 bridgehead atoms. The van der Waals surface area contributed by atoms with Crippen LogP contribution in [0.2, 0.25) is 0 Å². The van der Waals surface area contributed by atoms with E-state index in [2.05, 4.69) is 77.0 Å². The molecule has 34 nitrogen and oxygen atoms in total. The zero-order valence-electron chi connectivity index (χ0n) is 64.0. The van der Waals surface area contributed by atoms with Crippen molar-refractivity contribution in [3.8, 4) is 0 Å². The molecule has 34 heteroatoms. The van der Waals surface area contributed by atoms with E-state index in [0.29, 0.717) is 96.7 Å². The van der Waals surface area contributed by atoms with Crippen molar-refractivity contribution in [2.24, 2.45) is 34.8 Å².